The summed E-state index contributed by atoms with van der Waals surface area (Å²) in [5, 5.41) is 8.33. The maximum absolute atomic E-state index is 12.2. The Hall–Kier alpha value is -0.570. The average Bonchev–Trinajstić information content (AvgIpc) is 2.29. The molecule has 0 bridgehead atoms. The van der Waals surface area contributed by atoms with Crippen molar-refractivity contribution >= 4 is 37.4 Å². The van der Waals surface area contributed by atoms with E-state index in [9.17, 15) is 8.42 Å². The van der Waals surface area contributed by atoms with Crippen LogP contribution in [0.1, 0.15) is 18.9 Å². The van der Waals surface area contributed by atoms with Crippen molar-refractivity contribution in [3.63, 3.8) is 0 Å². The monoisotopic (exact) mass is 335 g/mol. The first-order valence-electron chi connectivity index (χ1n) is 4.93. The molecular formula is C11H11BrClNO2S. The number of benzene rings is 1. The third kappa shape index (κ3) is 3.21. The van der Waals surface area contributed by atoms with Crippen LogP contribution in [0.3, 0.4) is 0 Å². The normalized spacial score (nSPS) is 13.1. The molecule has 3 nitrogen and oxygen atoms in total. The van der Waals surface area contributed by atoms with Crippen molar-refractivity contribution in [2.24, 2.45) is 0 Å². The van der Waals surface area contributed by atoms with Gasteiger partial charge in [0, 0.05) is 10.4 Å². The summed E-state index contributed by atoms with van der Waals surface area (Å²) in [4.78, 5) is 0.0620. The number of rotatable bonds is 4. The van der Waals surface area contributed by atoms with Gasteiger partial charge in [-0.05, 0) is 31.5 Å². The smallest absolute Gasteiger partial charge is 0.182 e. The minimum absolute atomic E-state index is 0.0620. The zero-order valence-electron chi connectivity index (χ0n) is 9.15. The van der Waals surface area contributed by atoms with E-state index in [0.29, 0.717) is 10.9 Å². The molecule has 0 spiro atoms. The van der Waals surface area contributed by atoms with Gasteiger partial charge in [-0.15, -0.1) is 11.6 Å². The molecule has 92 valence electrons. The molecular weight excluding hydrogens is 326 g/mol. The molecule has 17 heavy (non-hydrogen) atoms. The fourth-order valence-corrected chi connectivity index (χ4v) is 3.89. The van der Waals surface area contributed by atoms with Crippen molar-refractivity contribution in [1.82, 2.24) is 0 Å². The van der Waals surface area contributed by atoms with Crippen LogP contribution in [0.2, 0.25) is 0 Å². The second-order valence-corrected chi connectivity index (χ2v) is 7.21. The van der Waals surface area contributed by atoms with Crippen molar-refractivity contribution in [2.45, 2.75) is 23.5 Å². The van der Waals surface area contributed by atoms with Gasteiger partial charge in [-0.25, -0.2) is 8.42 Å². The van der Waals surface area contributed by atoms with Crippen LogP contribution in [0.4, 0.5) is 0 Å². The predicted octanol–water partition coefficient (Wildman–Crippen LogP) is 3.11. The molecule has 1 unspecified atom stereocenters. The standard InChI is InChI=1S/C11H11BrClNO2S/c1-8(4-5-13)17(15,16)11-6-10(12)3-2-9(11)7-14/h2-3,6,8H,4-5H2,1H3. The van der Waals surface area contributed by atoms with Gasteiger partial charge in [-0.3, -0.25) is 0 Å². The second-order valence-electron chi connectivity index (χ2n) is 3.59. The molecule has 0 N–H and O–H groups in total. The van der Waals surface area contributed by atoms with Gasteiger partial charge in [0.2, 0.25) is 0 Å². The Balaban J connectivity index is 3.33. The number of sulfone groups is 1. The zero-order chi connectivity index (χ0) is 13.1. The van der Waals surface area contributed by atoms with Crippen molar-refractivity contribution in [1.29, 1.82) is 5.26 Å². The van der Waals surface area contributed by atoms with Gasteiger partial charge in [-0.1, -0.05) is 15.9 Å². The van der Waals surface area contributed by atoms with E-state index in [4.69, 9.17) is 16.9 Å². The lowest BCUT2D eigenvalue weighted by Gasteiger charge is -2.12. The van der Waals surface area contributed by atoms with Crippen molar-refractivity contribution in [3.8, 4) is 6.07 Å². The highest BCUT2D eigenvalue weighted by Crippen LogP contribution is 2.25. The van der Waals surface area contributed by atoms with Gasteiger partial charge in [-0.2, -0.15) is 5.26 Å². The van der Waals surface area contributed by atoms with Gasteiger partial charge >= 0.3 is 0 Å². The van der Waals surface area contributed by atoms with E-state index in [1.165, 1.54) is 12.1 Å². The molecule has 0 aliphatic heterocycles. The van der Waals surface area contributed by atoms with Crippen LogP contribution in [0.15, 0.2) is 27.6 Å². The predicted molar refractivity (Wildman–Crippen MR) is 70.8 cm³/mol. The highest BCUT2D eigenvalue weighted by atomic mass is 79.9. The summed E-state index contributed by atoms with van der Waals surface area (Å²) >= 11 is 8.76. The molecule has 0 aliphatic carbocycles. The van der Waals surface area contributed by atoms with E-state index in [1.54, 1.807) is 13.0 Å². The van der Waals surface area contributed by atoms with E-state index in [0.717, 1.165) is 0 Å². The molecule has 0 aromatic heterocycles. The Labute approximate surface area is 114 Å². The SMILES string of the molecule is CC(CCCl)S(=O)(=O)c1cc(Br)ccc1C#N. The summed E-state index contributed by atoms with van der Waals surface area (Å²) < 4.78 is 25.1. The topological polar surface area (TPSA) is 57.9 Å². The zero-order valence-corrected chi connectivity index (χ0v) is 12.3. The highest BCUT2D eigenvalue weighted by Gasteiger charge is 2.25. The number of hydrogen-bond acceptors (Lipinski definition) is 3. The second kappa shape index (κ2) is 5.85. The lowest BCUT2D eigenvalue weighted by atomic mass is 10.2. The largest absolute Gasteiger partial charge is 0.223 e. The summed E-state index contributed by atoms with van der Waals surface area (Å²) in [5.41, 5.74) is 0.162. The van der Waals surface area contributed by atoms with Crippen molar-refractivity contribution in [3.05, 3.63) is 28.2 Å². The van der Waals surface area contributed by atoms with E-state index in [1.807, 2.05) is 6.07 Å². The summed E-state index contributed by atoms with van der Waals surface area (Å²) in [6, 6.07) is 6.48. The Morgan fingerprint density at radius 1 is 1.53 bits per heavy atom. The maximum Gasteiger partial charge on any atom is 0.182 e. The first-order valence-corrected chi connectivity index (χ1v) is 7.80. The van der Waals surface area contributed by atoms with Gasteiger partial charge in [0.25, 0.3) is 0 Å². The van der Waals surface area contributed by atoms with Gasteiger partial charge in [0.05, 0.1) is 15.7 Å². The molecule has 1 aromatic carbocycles. The summed E-state index contributed by atoms with van der Waals surface area (Å²) in [6.45, 7) is 1.60. The van der Waals surface area contributed by atoms with Crippen molar-refractivity contribution in [2.75, 3.05) is 5.88 Å². The lowest BCUT2D eigenvalue weighted by Crippen LogP contribution is -2.19. The van der Waals surface area contributed by atoms with Gasteiger partial charge in [0.15, 0.2) is 9.84 Å². The van der Waals surface area contributed by atoms with Crippen LogP contribution in [-0.2, 0) is 9.84 Å². The minimum atomic E-state index is -3.50. The molecule has 0 fully saturated rings. The molecule has 1 rings (SSSR count). The minimum Gasteiger partial charge on any atom is -0.223 e. The third-order valence-electron chi connectivity index (χ3n) is 2.42. The maximum atomic E-state index is 12.2. The number of nitriles is 1. The van der Waals surface area contributed by atoms with Crippen LogP contribution in [0.25, 0.3) is 0 Å². The van der Waals surface area contributed by atoms with E-state index < -0.39 is 15.1 Å². The van der Waals surface area contributed by atoms with Crippen LogP contribution in [-0.4, -0.2) is 19.5 Å². The van der Waals surface area contributed by atoms with E-state index >= 15 is 0 Å². The van der Waals surface area contributed by atoms with Crippen LogP contribution < -0.4 is 0 Å². The van der Waals surface area contributed by atoms with Crippen LogP contribution in [0, 0.1) is 11.3 Å². The van der Waals surface area contributed by atoms with Gasteiger partial charge < -0.3 is 0 Å². The summed E-state index contributed by atoms with van der Waals surface area (Å²) in [5.74, 6) is 0.274. The molecule has 1 atom stereocenters. The molecule has 0 heterocycles. The number of hydrogen-bond donors (Lipinski definition) is 0. The fraction of sp³-hybridized carbons (Fsp3) is 0.364. The number of halogens is 2. The molecule has 6 heteroatoms. The molecule has 0 amide bonds. The van der Waals surface area contributed by atoms with Crippen LogP contribution >= 0.6 is 27.5 Å². The average molecular weight is 337 g/mol. The van der Waals surface area contributed by atoms with Crippen LogP contribution in [0.5, 0.6) is 0 Å². The Kier molecular flexibility index (Phi) is 4.99. The lowest BCUT2D eigenvalue weighted by molar-refractivity contribution is 0.581. The number of alkyl halides is 1. The molecule has 0 saturated carbocycles. The fourth-order valence-electron chi connectivity index (χ4n) is 1.35. The molecule has 0 radical (unpaired) electrons. The first-order chi connectivity index (χ1) is 7.93. The Morgan fingerprint density at radius 3 is 2.71 bits per heavy atom. The summed E-state index contributed by atoms with van der Waals surface area (Å²) in [6.07, 6.45) is 0.362. The summed E-state index contributed by atoms with van der Waals surface area (Å²) in [7, 11) is -3.50. The molecule has 0 saturated heterocycles. The Bertz CT molecular complexity index is 551. The number of nitrogens with zero attached hydrogens (tertiary/aromatic N) is 1. The molecule has 1 aromatic rings. The Morgan fingerprint density at radius 2 is 2.18 bits per heavy atom. The van der Waals surface area contributed by atoms with E-state index in [2.05, 4.69) is 15.9 Å². The first kappa shape index (κ1) is 14.5. The quantitative estimate of drug-likeness (QED) is 0.794. The highest BCUT2D eigenvalue weighted by molar-refractivity contribution is 9.10. The molecule has 0 aliphatic rings. The van der Waals surface area contributed by atoms with Crippen molar-refractivity contribution < 1.29 is 8.42 Å². The van der Waals surface area contributed by atoms with Gasteiger partial charge in [0.1, 0.15) is 6.07 Å². The van der Waals surface area contributed by atoms with E-state index in [-0.39, 0.29) is 16.3 Å². The third-order valence-corrected chi connectivity index (χ3v) is 5.37.